The number of hydrogen-bond donors (Lipinski definition) is 8. The van der Waals surface area contributed by atoms with E-state index in [0.717, 1.165) is 39.8 Å². The Bertz CT molecular complexity index is 2650. The van der Waals surface area contributed by atoms with Crippen LogP contribution in [0.1, 0.15) is 206 Å². The van der Waals surface area contributed by atoms with E-state index in [0.29, 0.717) is 6.42 Å². The van der Waals surface area contributed by atoms with Crippen molar-refractivity contribution in [3.8, 4) is 0 Å². The Morgan fingerprint density at radius 1 is 0.480 bits per heavy atom. The fraction of sp³-hybridized carbons (Fsp3) is 0.607. The molecule has 75 heavy (non-hydrogen) atoms. The Kier molecular flexibility index (Phi) is 17.3. The van der Waals surface area contributed by atoms with Gasteiger partial charge in [-0.25, -0.2) is 0 Å². The van der Waals surface area contributed by atoms with E-state index in [2.05, 4.69) is 173 Å². The molecular weight excluding hydrogens is 987 g/mol. The normalized spacial score (nSPS) is 22.5. The van der Waals surface area contributed by atoms with Gasteiger partial charge in [0.05, 0.1) is 31.8 Å². The molecule has 4 aromatic rings. The first-order chi connectivity index (χ1) is 34.2. The minimum absolute atomic E-state index is 0.103. The van der Waals surface area contributed by atoms with Crippen LogP contribution in [0.4, 0.5) is 0 Å². The average molecular weight is 1080 g/mol. The highest BCUT2D eigenvalue weighted by atomic mass is 31.2. The maximum absolute atomic E-state index is 12.2. The van der Waals surface area contributed by atoms with Gasteiger partial charge in [-0.1, -0.05) is 182 Å². The van der Waals surface area contributed by atoms with Crippen molar-refractivity contribution < 1.29 is 58.5 Å². The first-order valence-corrected chi connectivity index (χ1v) is 28.7. The number of aliphatic hydroxyl groups is 2. The second-order valence-corrected chi connectivity index (χ2v) is 28.6. The summed E-state index contributed by atoms with van der Waals surface area (Å²) in [7, 11) is -5.24. The van der Waals surface area contributed by atoms with Gasteiger partial charge in [0.1, 0.15) is 11.7 Å². The van der Waals surface area contributed by atoms with Crippen LogP contribution in [0.5, 0.6) is 0 Å². The number of benzene rings is 4. The van der Waals surface area contributed by atoms with E-state index in [1.54, 1.807) is 0 Å². The van der Waals surface area contributed by atoms with Crippen molar-refractivity contribution in [2.45, 2.75) is 197 Å². The zero-order valence-corrected chi connectivity index (χ0v) is 50.4. The second-order valence-electron chi connectivity index (χ2n) is 27.5. The molecule has 14 heteroatoms. The third-order valence-electron chi connectivity index (χ3n) is 15.9. The first-order valence-electron chi connectivity index (χ1n) is 26.3. The molecule has 0 aromatic heterocycles. The third kappa shape index (κ3) is 11.3. The topological polar surface area (TPSA) is 199 Å². The summed E-state index contributed by atoms with van der Waals surface area (Å²) in [6.45, 7) is 45.2. The monoisotopic (exact) mass is 1080 g/mol. The number of hydrogen-bond acceptors (Lipinski definition) is 12. The van der Waals surface area contributed by atoms with Crippen molar-refractivity contribution in [3.05, 3.63) is 138 Å². The summed E-state index contributed by atoms with van der Waals surface area (Å²) in [4.78, 5) is 43.4. The summed E-state index contributed by atoms with van der Waals surface area (Å²) < 4.78 is 32.1. The zero-order valence-electron chi connectivity index (χ0n) is 48.6. The van der Waals surface area contributed by atoms with Crippen LogP contribution in [0.15, 0.2) is 48.5 Å². The zero-order chi connectivity index (χ0) is 56.8. The highest BCUT2D eigenvalue weighted by molar-refractivity contribution is 7.38. The van der Waals surface area contributed by atoms with Gasteiger partial charge in [0.15, 0.2) is 6.29 Å². The maximum Gasteiger partial charge on any atom is 0.324 e. The van der Waals surface area contributed by atoms with Crippen LogP contribution in [0.3, 0.4) is 0 Å². The summed E-state index contributed by atoms with van der Waals surface area (Å²) in [5.41, 5.74) is 13.6. The second kappa shape index (κ2) is 21.1. The Labute approximate surface area is 450 Å². The van der Waals surface area contributed by atoms with Crippen LogP contribution in [-0.4, -0.2) is 72.3 Å². The van der Waals surface area contributed by atoms with Crippen molar-refractivity contribution in [3.63, 3.8) is 0 Å². The lowest BCUT2D eigenvalue weighted by molar-refractivity contribution is -0.464. The minimum Gasteiger partial charge on any atom is -0.396 e. The molecule has 0 amide bonds. The molecule has 3 heterocycles. The van der Waals surface area contributed by atoms with E-state index in [1.165, 1.54) is 55.6 Å². The van der Waals surface area contributed by atoms with Gasteiger partial charge in [0, 0.05) is 16.4 Å². The predicted molar refractivity (Wildman–Crippen MR) is 300 cm³/mol. The van der Waals surface area contributed by atoms with Gasteiger partial charge < -0.3 is 58.5 Å². The Morgan fingerprint density at radius 2 is 0.813 bits per heavy atom. The molecule has 0 saturated carbocycles. The molecule has 2 spiro atoms. The van der Waals surface area contributed by atoms with Crippen LogP contribution < -0.4 is 0 Å². The van der Waals surface area contributed by atoms with Gasteiger partial charge in [0.25, 0.3) is 0 Å². The van der Waals surface area contributed by atoms with Crippen LogP contribution in [-0.2, 0) is 64.8 Å². The number of aryl methyl sites for hydroxylation is 4. The lowest BCUT2D eigenvalue weighted by Crippen LogP contribution is -2.72. The molecule has 2 saturated heterocycles. The largest absolute Gasteiger partial charge is 0.396 e. The van der Waals surface area contributed by atoms with E-state index >= 15 is 0 Å². The molecule has 2 atom stereocenters. The standard InChI is InChI=1S/C61H84O6.2H3O3P/c1-35-21-39-29-42-24-38(4)28-46(56(14,15)16)50(42)61(58(19,20)32-63)66-51(47(39)43(25-35)53(5,6)7)59(33-64-52(65-34-59)57(17,18)31-62)60(67-61)48-40(22-36(2)26-44(48)54(8,9)10)30-41-23-37(3)27-45(49(41)60)55(11,12)13;2*1-4(2)3/h21-28,51-52,62-63H,29-34H2,1-20H3;2*1-3H. The molecule has 2 bridgehead atoms. The lowest BCUT2D eigenvalue weighted by Gasteiger charge is -2.68. The summed E-state index contributed by atoms with van der Waals surface area (Å²) in [5.74, 6) is -1.53. The van der Waals surface area contributed by atoms with E-state index < -0.39 is 57.2 Å². The number of rotatable bonds is 4. The van der Waals surface area contributed by atoms with Gasteiger partial charge in [-0.15, -0.1) is 0 Å². The SMILES string of the molecule is Cc1cc2c(c(C(C)(C)C)c1)C1OC(C(C)(C)CO)(OC3(c4c(cc(C)cc4C(C)(C)C)Cc4cc(C)cc(C(C)(C)C)c43)C13COC(C(C)(C)CO)OC3)c1c(cc(C)cc1C(C)(C)C)C2.OP(O)O.OP(O)O. The fourth-order valence-electron chi connectivity index (χ4n) is 12.5. The van der Waals surface area contributed by atoms with Crippen molar-refractivity contribution in [2.24, 2.45) is 16.2 Å². The van der Waals surface area contributed by atoms with Gasteiger partial charge in [-0.3, -0.25) is 0 Å². The molecule has 4 aliphatic rings. The fourth-order valence-corrected chi connectivity index (χ4v) is 12.5. The summed E-state index contributed by atoms with van der Waals surface area (Å²) >= 11 is 0. The molecule has 1 aliphatic carbocycles. The smallest absolute Gasteiger partial charge is 0.324 e. The first kappa shape index (κ1) is 61.5. The van der Waals surface area contributed by atoms with Crippen molar-refractivity contribution in [1.82, 2.24) is 0 Å². The van der Waals surface area contributed by atoms with Gasteiger partial charge in [-0.2, -0.15) is 0 Å². The molecule has 4 aromatic carbocycles. The van der Waals surface area contributed by atoms with Crippen LogP contribution in [0, 0.1) is 43.9 Å². The van der Waals surface area contributed by atoms with Gasteiger partial charge in [-0.05, 0) is 123 Å². The van der Waals surface area contributed by atoms with Crippen LogP contribution in [0.2, 0.25) is 0 Å². The average Bonchev–Trinajstić information content (AvgIpc) is 3.24. The van der Waals surface area contributed by atoms with E-state index in [-0.39, 0.29) is 48.1 Å². The van der Waals surface area contributed by atoms with Gasteiger partial charge >= 0.3 is 17.2 Å². The molecule has 3 aliphatic heterocycles. The van der Waals surface area contributed by atoms with E-state index in [4.69, 9.17) is 48.3 Å². The molecule has 8 rings (SSSR count). The minimum atomic E-state index is -2.62. The van der Waals surface area contributed by atoms with E-state index in [1.807, 2.05) is 13.8 Å². The molecule has 416 valence electrons. The number of ether oxygens (including phenoxy) is 4. The van der Waals surface area contributed by atoms with Gasteiger partial charge in [0.2, 0.25) is 5.79 Å². The molecule has 2 unspecified atom stereocenters. The summed E-state index contributed by atoms with van der Waals surface area (Å²) in [5, 5.41) is 23.1. The number of fused-ring (bicyclic) bond motifs is 12. The maximum atomic E-state index is 12.2. The van der Waals surface area contributed by atoms with Crippen LogP contribution >= 0.6 is 17.2 Å². The summed E-state index contributed by atoms with van der Waals surface area (Å²) in [6.07, 6.45) is 0.0215. The Hall–Kier alpha value is -2.74. The third-order valence-corrected chi connectivity index (χ3v) is 15.9. The van der Waals surface area contributed by atoms with Crippen molar-refractivity contribution in [1.29, 1.82) is 0 Å². The Morgan fingerprint density at radius 3 is 1.17 bits per heavy atom. The summed E-state index contributed by atoms with van der Waals surface area (Å²) in [6, 6.07) is 19.1. The molecule has 0 radical (unpaired) electrons. The molecule has 12 nitrogen and oxygen atoms in total. The molecule has 2 fully saturated rings. The lowest BCUT2D eigenvalue weighted by atomic mass is 9.51. The quantitative estimate of drug-likeness (QED) is 0.0902. The van der Waals surface area contributed by atoms with Crippen LogP contribution in [0.25, 0.3) is 0 Å². The van der Waals surface area contributed by atoms with E-state index in [9.17, 15) is 10.2 Å². The van der Waals surface area contributed by atoms with Crippen molar-refractivity contribution >= 4 is 17.2 Å². The number of aliphatic hydroxyl groups excluding tert-OH is 2. The van der Waals surface area contributed by atoms with Crippen molar-refractivity contribution in [2.75, 3.05) is 26.4 Å². The molecular formula is C61H90O12P2. The predicted octanol–water partition coefficient (Wildman–Crippen LogP) is 11.6. The highest BCUT2D eigenvalue weighted by Crippen LogP contribution is 2.73. The Balaban J connectivity index is 0.00000107. The molecule has 8 N–H and O–H groups in total. The highest BCUT2D eigenvalue weighted by Gasteiger charge is 2.75.